The Morgan fingerprint density at radius 1 is 1.47 bits per heavy atom. The number of para-hydroxylation sites is 2. The Morgan fingerprint density at radius 3 is 2.76 bits per heavy atom. The highest BCUT2D eigenvalue weighted by molar-refractivity contribution is 5.86. The molecule has 0 aliphatic carbocycles. The van der Waals surface area contributed by atoms with Crippen LogP contribution >= 0.6 is 0 Å². The number of rotatable bonds is 3. The number of benzene rings is 1. The van der Waals surface area contributed by atoms with Gasteiger partial charge >= 0.3 is 5.97 Å². The summed E-state index contributed by atoms with van der Waals surface area (Å²) in [5, 5.41) is 12.7. The van der Waals surface area contributed by atoms with E-state index in [-0.39, 0.29) is 11.5 Å². The largest absolute Gasteiger partial charge is 0.494 e. The highest BCUT2D eigenvalue weighted by atomic mass is 16.5. The van der Waals surface area contributed by atoms with Crippen molar-refractivity contribution < 1.29 is 14.6 Å². The summed E-state index contributed by atoms with van der Waals surface area (Å²) in [6, 6.07) is 8.39. The number of aromatic nitrogens is 2. The first-order valence-corrected chi connectivity index (χ1v) is 4.85. The van der Waals surface area contributed by atoms with E-state index in [1.807, 2.05) is 0 Å². The van der Waals surface area contributed by atoms with Gasteiger partial charge < -0.3 is 15.6 Å². The third-order valence-corrected chi connectivity index (χ3v) is 2.27. The number of nitrogens with zero attached hydrogens (tertiary/aromatic N) is 2. The average Bonchev–Trinajstić information content (AvgIpc) is 2.71. The molecule has 0 aliphatic rings. The van der Waals surface area contributed by atoms with E-state index in [2.05, 4.69) is 5.10 Å². The van der Waals surface area contributed by atoms with Crippen molar-refractivity contribution in [2.45, 2.75) is 0 Å². The van der Waals surface area contributed by atoms with Crippen LogP contribution in [-0.4, -0.2) is 28.0 Å². The van der Waals surface area contributed by atoms with Gasteiger partial charge in [0.25, 0.3) is 0 Å². The predicted molar refractivity (Wildman–Crippen MR) is 61.5 cm³/mol. The van der Waals surface area contributed by atoms with Gasteiger partial charge in [0, 0.05) is 6.07 Å². The maximum absolute atomic E-state index is 10.8. The maximum Gasteiger partial charge on any atom is 0.356 e. The van der Waals surface area contributed by atoms with Gasteiger partial charge in [-0.3, -0.25) is 0 Å². The second-order valence-electron chi connectivity index (χ2n) is 3.34. The lowest BCUT2D eigenvalue weighted by Crippen LogP contribution is -2.05. The van der Waals surface area contributed by atoms with Gasteiger partial charge in [-0.2, -0.15) is 5.10 Å². The van der Waals surface area contributed by atoms with E-state index in [4.69, 9.17) is 15.6 Å². The zero-order valence-electron chi connectivity index (χ0n) is 9.12. The molecule has 3 N–H and O–H groups in total. The number of carboxylic acids is 1. The zero-order chi connectivity index (χ0) is 12.4. The summed E-state index contributed by atoms with van der Waals surface area (Å²) in [5.74, 6) is -0.309. The van der Waals surface area contributed by atoms with Crippen molar-refractivity contribution in [1.29, 1.82) is 0 Å². The minimum atomic E-state index is -1.12. The highest BCUT2D eigenvalue weighted by Gasteiger charge is 2.14. The van der Waals surface area contributed by atoms with E-state index in [9.17, 15) is 4.79 Å². The SMILES string of the molecule is COc1ccccc1-n1nc(C(=O)O)cc1N. The molecule has 0 fully saturated rings. The van der Waals surface area contributed by atoms with Gasteiger partial charge in [0.05, 0.1) is 7.11 Å². The molecule has 6 nitrogen and oxygen atoms in total. The molecule has 0 bridgehead atoms. The minimum Gasteiger partial charge on any atom is -0.494 e. The number of hydrogen-bond donors (Lipinski definition) is 2. The number of carboxylic acid groups (broad SMARTS) is 1. The van der Waals surface area contributed by atoms with Crippen LogP contribution < -0.4 is 10.5 Å². The number of aromatic carboxylic acids is 1. The molecule has 88 valence electrons. The molecular weight excluding hydrogens is 222 g/mol. The molecule has 2 aromatic rings. The van der Waals surface area contributed by atoms with Gasteiger partial charge in [0.1, 0.15) is 17.3 Å². The molecule has 17 heavy (non-hydrogen) atoms. The van der Waals surface area contributed by atoms with Crippen molar-refractivity contribution in [2.24, 2.45) is 0 Å². The van der Waals surface area contributed by atoms with Crippen LogP contribution in [-0.2, 0) is 0 Å². The summed E-state index contributed by atoms with van der Waals surface area (Å²) in [5.41, 5.74) is 6.21. The van der Waals surface area contributed by atoms with Crippen molar-refractivity contribution in [3.8, 4) is 11.4 Å². The predicted octanol–water partition coefficient (Wildman–Crippen LogP) is 1.16. The van der Waals surface area contributed by atoms with Gasteiger partial charge in [-0.25, -0.2) is 9.48 Å². The van der Waals surface area contributed by atoms with Crippen molar-refractivity contribution in [1.82, 2.24) is 9.78 Å². The van der Waals surface area contributed by atoms with E-state index in [0.29, 0.717) is 11.4 Å². The van der Waals surface area contributed by atoms with Crippen LogP contribution in [0.2, 0.25) is 0 Å². The van der Waals surface area contributed by atoms with Gasteiger partial charge in [-0.1, -0.05) is 12.1 Å². The van der Waals surface area contributed by atoms with Gasteiger partial charge in [-0.15, -0.1) is 0 Å². The Hall–Kier alpha value is -2.50. The molecule has 0 saturated carbocycles. The molecule has 0 saturated heterocycles. The van der Waals surface area contributed by atoms with Crippen LogP contribution in [0.1, 0.15) is 10.5 Å². The minimum absolute atomic E-state index is 0.103. The molecule has 1 heterocycles. The molecule has 0 aliphatic heterocycles. The number of methoxy groups -OCH3 is 1. The Kier molecular flexibility index (Phi) is 2.70. The summed E-state index contributed by atoms with van der Waals surface area (Å²) in [4.78, 5) is 10.8. The summed E-state index contributed by atoms with van der Waals surface area (Å²) in [7, 11) is 1.52. The van der Waals surface area contributed by atoms with E-state index in [1.165, 1.54) is 17.9 Å². The first kappa shape index (κ1) is 11.0. The molecule has 2 rings (SSSR count). The number of nitrogens with two attached hydrogens (primary N) is 1. The normalized spacial score (nSPS) is 10.2. The van der Waals surface area contributed by atoms with E-state index in [1.54, 1.807) is 24.3 Å². The third-order valence-electron chi connectivity index (χ3n) is 2.27. The second kappa shape index (κ2) is 4.17. The van der Waals surface area contributed by atoms with E-state index in [0.717, 1.165) is 0 Å². The molecule has 0 amide bonds. The van der Waals surface area contributed by atoms with Crippen LogP contribution in [0.15, 0.2) is 30.3 Å². The monoisotopic (exact) mass is 233 g/mol. The van der Waals surface area contributed by atoms with Crippen molar-refractivity contribution in [2.75, 3.05) is 12.8 Å². The number of carbonyl (C=O) groups is 1. The first-order chi connectivity index (χ1) is 8.13. The number of anilines is 1. The standard InChI is InChI=1S/C11H11N3O3/c1-17-9-5-3-2-4-8(9)14-10(12)6-7(13-14)11(15)16/h2-6H,12H2,1H3,(H,15,16). The van der Waals surface area contributed by atoms with Crippen molar-refractivity contribution >= 4 is 11.8 Å². The third kappa shape index (κ3) is 1.92. The summed E-state index contributed by atoms with van der Waals surface area (Å²) in [6.45, 7) is 0. The quantitative estimate of drug-likeness (QED) is 0.830. The van der Waals surface area contributed by atoms with E-state index < -0.39 is 5.97 Å². The Labute approximate surface area is 97.2 Å². The topological polar surface area (TPSA) is 90.4 Å². The van der Waals surface area contributed by atoms with Gasteiger partial charge in [0.15, 0.2) is 5.69 Å². The number of nitrogen functional groups attached to an aromatic ring is 1. The smallest absolute Gasteiger partial charge is 0.356 e. The fourth-order valence-corrected chi connectivity index (χ4v) is 1.50. The summed E-state index contributed by atoms with van der Waals surface area (Å²) in [6.07, 6.45) is 0. The second-order valence-corrected chi connectivity index (χ2v) is 3.34. The number of hydrogen-bond acceptors (Lipinski definition) is 4. The van der Waals surface area contributed by atoms with Crippen LogP contribution in [0, 0.1) is 0 Å². The molecule has 6 heteroatoms. The molecule has 0 unspecified atom stereocenters. The lowest BCUT2D eigenvalue weighted by Gasteiger charge is -2.08. The molecule has 0 atom stereocenters. The van der Waals surface area contributed by atoms with E-state index >= 15 is 0 Å². The highest BCUT2D eigenvalue weighted by Crippen LogP contribution is 2.24. The molecule has 1 aromatic heterocycles. The molecule has 0 spiro atoms. The molecule has 0 radical (unpaired) electrons. The van der Waals surface area contributed by atoms with Gasteiger partial charge in [0.2, 0.25) is 0 Å². The van der Waals surface area contributed by atoms with Crippen LogP contribution in [0.3, 0.4) is 0 Å². The van der Waals surface area contributed by atoms with Crippen molar-refractivity contribution in [3.63, 3.8) is 0 Å². The fraction of sp³-hybridized carbons (Fsp3) is 0.0909. The fourth-order valence-electron chi connectivity index (χ4n) is 1.50. The van der Waals surface area contributed by atoms with Crippen LogP contribution in [0.4, 0.5) is 5.82 Å². The average molecular weight is 233 g/mol. The van der Waals surface area contributed by atoms with Gasteiger partial charge in [-0.05, 0) is 12.1 Å². The van der Waals surface area contributed by atoms with Crippen LogP contribution in [0.25, 0.3) is 5.69 Å². The first-order valence-electron chi connectivity index (χ1n) is 4.85. The summed E-state index contributed by atoms with van der Waals surface area (Å²) >= 11 is 0. The number of ether oxygens (including phenoxy) is 1. The Morgan fingerprint density at radius 2 is 2.18 bits per heavy atom. The Bertz CT molecular complexity index is 563. The summed E-state index contributed by atoms with van der Waals surface area (Å²) < 4.78 is 6.50. The molecular formula is C11H11N3O3. The van der Waals surface area contributed by atoms with Crippen molar-refractivity contribution in [3.05, 3.63) is 36.0 Å². The Balaban J connectivity index is 2.56. The lowest BCUT2D eigenvalue weighted by molar-refractivity contribution is 0.0690. The van der Waals surface area contributed by atoms with Crippen LogP contribution in [0.5, 0.6) is 5.75 Å². The molecule has 1 aromatic carbocycles. The maximum atomic E-state index is 10.8. The lowest BCUT2D eigenvalue weighted by atomic mass is 10.3. The zero-order valence-corrected chi connectivity index (χ0v) is 9.12.